The molecule has 3 amide bonds. The van der Waals surface area contributed by atoms with Crippen molar-refractivity contribution in [3.8, 4) is 0 Å². The second-order valence-corrected chi connectivity index (χ2v) is 6.35. The molecule has 1 aliphatic heterocycles. The Morgan fingerprint density at radius 3 is 2.71 bits per heavy atom. The molecular formula is C17H22FN3O3. The zero-order valence-corrected chi connectivity index (χ0v) is 13.9. The zero-order valence-electron chi connectivity index (χ0n) is 13.9. The van der Waals surface area contributed by atoms with E-state index in [9.17, 15) is 14.0 Å². The fourth-order valence-corrected chi connectivity index (χ4v) is 3.08. The lowest BCUT2D eigenvalue weighted by Gasteiger charge is -2.26. The van der Waals surface area contributed by atoms with Crippen LogP contribution in [0.25, 0.3) is 0 Å². The molecule has 2 fully saturated rings. The van der Waals surface area contributed by atoms with Crippen LogP contribution in [-0.2, 0) is 9.53 Å². The largest absolute Gasteiger partial charge is 0.375 e. The van der Waals surface area contributed by atoms with Crippen LogP contribution in [0.3, 0.4) is 0 Å². The summed E-state index contributed by atoms with van der Waals surface area (Å²) in [6.07, 6.45) is 1.42. The highest BCUT2D eigenvalue weighted by molar-refractivity contribution is 5.87. The van der Waals surface area contributed by atoms with Gasteiger partial charge in [-0.05, 0) is 25.8 Å². The molecule has 0 aromatic heterocycles. The predicted molar refractivity (Wildman–Crippen MR) is 85.6 cm³/mol. The highest BCUT2D eigenvalue weighted by Gasteiger charge is 2.40. The van der Waals surface area contributed by atoms with E-state index in [1.807, 2.05) is 0 Å². The molecule has 2 aliphatic rings. The van der Waals surface area contributed by atoms with Crippen molar-refractivity contribution in [2.24, 2.45) is 0 Å². The molecule has 6 nitrogen and oxygen atoms in total. The molecule has 1 saturated carbocycles. The number of urea groups is 1. The third kappa shape index (κ3) is 3.36. The van der Waals surface area contributed by atoms with E-state index in [0.29, 0.717) is 12.2 Å². The summed E-state index contributed by atoms with van der Waals surface area (Å²) in [5.74, 6) is -0.389. The maximum atomic E-state index is 14.0. The van der Waals surface area contributed by atoms with Crippen LogP contribution in [-0.4, -0.2) is 54.1 Å². The van der Waals surface area contributed by atoms with Crippen molar-refractivity contribution in [3.63, 3.8) is 0 Å². The van der Waals surface area contributed by atoms with Crippen molar-refractivity contribution < 1.29 is 18.7 Å². The topological polar surface area (TPSA) is 61.9 Å². The lowest BCUT2D eigenvalue weighted by molar-refractivity contribution is -0.127. The monoisotopic (exact) mass is 335 g/mol. The zero-order chi connectivity index (χ0) is 17.3. The van der Waals surface area contributed by atoms with Crippen molar-refractivity contribution in [3.05, 3.63) is 35.6 Å². The molecule has 0 radical (unpaired) electrons. The molecule has 1 aromatic carbocycles. The molecule has 7 heteroatoms. The first kappa shape index (κ1) is 16.7. The molecule has 0 spiro atoms. The first-order chi connectivity index (χ1) is 11.5. The van der Waals surface area contributed by atoms with Gasteiger partial charge in [0.15, 0.2) is 0 Å². The van der Waals surface area contributed by atoms with Crippen LogP contribution in [0, 0.1) is 5.82 Å². The highest BCUT2D eigenvalue weighted by atomic mass is 19.1. The number of nitrogens with zero attached hydrogens (tertiary/aromatic N) is 2. The summed E-state index contributed by atoms with van der Waals surface area (Å²) in [6, 6.07) is 5.85. The number of rotatable bonds is 5. The fraction of sp³-hybridized carbons (Fsp3) is 0.529. The Morgan fingerprint density at radius 1 is 1.38 bits per heavy atom. The molecular weight excluding hydrogens is 313 g/mol. The first-order valence-electron chi connectivity index (χ1n) is 8.13. The Morgan fingerprint density at radius 2 is 2.08 bits per heavy atom. The normalized spacial score (nSPS) is 20.2. The van der Waals surface area contributed by atoms with E-state index >= 15 is 0 Å². The molecule has 1 aliphatic carbocycles. The number of carbonyl (C=O) groups is 2. The molecule has 1 aromatic rings. The summed E-state index contributed by atoms with van der Waals surface area (Å²) in [5.41, 5.74) is 0.393. The molecule has 0 unspecified atom stereocenters. The quantitative estimate of drug-likeness (QED) is 0.894. The number of halogens is 1. The van der Waals surface area contributed by atoms with Gasteiger partial charge in [-0.1, -0.05) is 18.2 Å². The summed E-state index contributed by atoms with van der Waals surface area (Å²) < 4.78 is 19.4. The number of hydrogen-bond donors (Lipinski definition) is 1. The van der Waals surface area contributed by atoms with Gasteiger partial charge in [0.05, 0.1) is 12.7 Å². The van der Waals surface area contributed by atoms with E-state index in [-0.39, 0.29) is 30.3 Å². The van der Waals surface area contributed by atoms with E-state index < -0.39 is 12.1 Å². The first-order valence-corrected chi connectivity index (χ1v) is 8.13. The number of methoxy groups -OCH3 is 1. The Labute approximate surface area is 140 Å². The molecule has 2 atom stereocenters. The summed E-state index contributed by atoms with van der Waals surface area (Å²) in [6.45, 7) is 2.17. The third-order valence-corrected chi connectivity index (χ3v) is 4.52. The number of carbonyl (C=O) groups excluding carboxylic acids is 2. The van der Waals surface area contributed by atoms with Crippen molar-refractivity contribution >= 4 is 11.9 Å². The molecule has 130 valence electrons. The van der Waals surface area contributed by atoms with Crippen molar-refractivity contribution in [1.29, 1.82) is 0 Å². The molecule has 24 heavy (non-hydrogen) atoms. The number of amides is 3. The minimum Gasteiger partial charge on any atom is -0.375 e. The molecule has 1 heterocycles. The standard InChI is InChI=1S/C17H22FN3O3/c1-11(16(24-2)13-5-3-4-6-14(13)18)19-17(23)20-9-15(22)21(10-20)12-7-8-12/h3-6,11-12,16H,7-10H2,1-2H3,(H,19,23)/t11-,16-/m1/s1. The third-order valence-electron chi connectivity index (χ3n) is 4.52. The minimum atomic E-state index is -0.604. The second-order valence-electron chi connectivity index (χ2n) is 6.35. The maximum Gasteiger partial charge on any atom is 0.319 e. The van der Waals surface area contributed by atoms with Crippen molar-refractivity contribution in [2.75, 3.05) is 20.3 Å². The van der Waals surface area contributed by atoms with Gasteiger partial charge in [-0.2, -0.15) is 0 Å². The Kier molecular flexibility index (Phi) is 4.71. The summed E-state index contributed by atoms with van der Waals surface area (Å²) in [5, 5.41) is 2.82. The van der Waals surface area contributed by atoms with Gasteiger partial charge in [-0.15, -0.1) is 0 Å². The van der Waals surface area contributed by atoms with Crippen LogP contribution in [0.4, 0.5) is 9.18 Å². The van der Waals surface area contributed by atoms with Crippen LogP contribution in [0.15, 0.2) is 24.3 Å². The second kappa shape index (κ2) is 6.76. The van der Waals surface area contributed by atoms with Gasteiger partial charge in [-0.25, -0.2) is 9.18 Å². The number of hydrogen-bond acceptors (Lipinski definition) is 3. The molecule has 0 bridgehead atoms. The van der Waals surface area contributed by atoms with Gasteiger partial charge in [0.1, 0.15) is 18.5 Å². The average molecular weight is 335 g/mol. The Hall–Kier alpha value is -2.15. The number of benzene rings is 1. The van der Waals surface area contributed by atoms with Crippen molar-refractivity contribution in [1.82, 2.24) is 15.1 Å². The average Bonchev–Trinajstić information content (AvgIpc) is 3.32. The Bertz CT molecular complexity index is 635. The van der Waals surface area contributed by atoms with Crippen LogP contribution in [0.5, 0.6) is 0 Å². The number of ether oxygens (including phenoxy) is 1. The fourth-order valence-electron chi connectivity index (χ4n) is 3.08. The lowest BCUT2D eigenvalue weighted by atomic mass is 10.0. The summed E-state index contributed by atoms with van der Waals surface area (Å²) in [7, 11) is 1.48. The number of nitrogens with one attached hydrogen (secondary N) is 1. The van der Waals surface area contributed by atoms with E-state index in [0.717, 1.165) is 12.8 Å². The van der Waals surface area contributed by atoms with Gasteiger partial charge < -0.3 is 15.0 Å². The van der Waals surface area contributed by atoms with Gasteiger partial charge in [-0.3, -0.25) is 9.69 Å². The van der Waals surface area contributed by atoms with Crippen LogP contribution >= 0.6 is 0 Å². The van der Waals surface area contributed by atoms with Gasteiger partial charge >= 0.3 is 6.03 Å². The van der Waals surface area contributed by atoms with E-state index in [4.69, 9.17) is 4.74 Å². The minimum absolute atomic E-state index is 0.0160. The maximum absolute atomic E-state index is 14.0. The highest BCUT2D eigenvalue weighted by Crippen LogP contribution is 2.29. The van der Waals surface area contributed by atoms with E-state index in [2.05, 4.69) is 5.32 Å². The van der Waals surface area contributed by atoms with Crippen LogP contribution < -0.4 is 5.32 Å². The van der Waals surface area contributed by atoms with E-state index in [1.54, 1.807) is 30.0 Å². The predicted octanol–water partition coefficient (Wildman–Crippen LogP) is 1.88. The molecule has 1 saturated heterocycles. The molecule has 1 N–H and O–H groups in total. The Balaban J connectivity index is 1.63. The smallest absolute Gasteiger partial charge is 0.319 e. The molecule has 3 rings (SSSR count). The summed E-state index contributed by atoms with van der Waals surface area (Å²) >= 11 is 0. The van der Waals surface area contributed by atoms with Crippen molar-refractivity contribution in [2.45, 2.75) is 38.0 Å². The lowest BCUT2D eigenvalue weighted by Crippen LogP contribution is -2.46. The van der Waals surface area contributed by atoms with Crippen LogP contribution in [0.2, 0.25) is 0 Å². The van der Waals surface area contributed by atoms with Crippen LogP contribution in [0.1, 0.15) is 31.4 Å². The summed E-state index contributed by atoms with van der Waals surface area (Å²) in [4.78, 5) is 27.6. The van der Waals surface area contributed by atoms with Gasteiger partial charge in [0.2, 0.25) is 5.91 Å². The SMILES string of the molecule is CO[C@@H](c1ccccc1F)[C@@H](C)NC(=O)N1CC(=O)N(C2CC2)C1. The van der Waals surface area contributed by atoms with Gasteiger partial charge in [0.25, 0.3) is 0 Å². The van der Waals surface area contributed by atoms with Gasteiger partial charge in [0, 0.05) is 18.7 Å². The van der Waals surface area contributed by atoms with E-state index in [1.165, 1.54) is 18.1 Å².